The summed E-state index contributed by atoms with van der Waals surface area (Å²) in [7, 11) is 0. The van der Waals surface area contributed by atoms with Gasteiger partial charge < -0.3 is 10.2 Å². The van der Waals surface area contributed by atoms with Crippen LogP contribution in [0.25, 0.3) is 0 Å². The topological polar surface area (TPSA) is 103 Å². The van der Waals surface area contributed by atoms with Crippen molar-refractivity contribution in [2.24, 2.45) is 0 Å². The normalized spacial score (nSPS) is 11.9. The van der Waals surface area contributed by atoms with Gasteiger partial charge in [0.2, 0.25) is 5.13 Å². The van der Waals surface area contributed by atoms with Crippen molar-refractivity contribution in [2.45, 2.75) is 26.4 Å². The first kappa shape index (κ1) is 14.1. The predicted molar refractivity (Wildman–Crippen MR) is 73.4 cm³/mol. The van der Waals surface area contributed by atoms with Gasteiger partial charge in [-0.05, 0) is 26.0 Å². The molecule has 0 saturated heterocycles. The van der Waals surface area contributed by atoms with Crippen molar-refractivity contribution in [3.63, 3.8) is 0 Å². The van der Waals surface area contributed by atoms with Gasteiger partial charge in [0.25, 0.3) is 5.09 Å². The summed E-state index contributed by atoms with van der Waals surface area (Å²) in [5, 5.41) is 13.0. The van der Waals surface area contributed by atoms with Crippen LogP contribution in [0.1, 0.15) is 18.4 Å². The number of anilines is 2. The maximum absolute atomic E-state index is 10.2. The number of hydrogen-bond donors (Lipinski definition) is 1. The standard InChI is InChI=1S/C11H13N5O3S/c1-7-4-3-5-9(12-7)13-11-14-10(15-20-11)6-8(2)19-16(17)18/h3-5,8H,6H2,1-2H3,(H,12,13,14,15). The van der Waals surface area contributed by atoms with Gasteiger partial charge in [0.15, 0.2) is 0 Å². The summed E-state index contributed by atoms with van der Waals surface area (Å²) in [5.74, 6) is 1.18. The Balaban J connectivity index is 1.97. The Hall–Kier alpha value is -2.29. The van der Waals surface area contributed by atoms with Crippen LogP contribution in [0.15, 0.2) is 18.2 Å². The number of hydrogen-bond acceptors (Lipinski definition) is 8. The molecule has 9 heteroatoms. The SMILES string of the molecule is Cc1cccc(Nc2nc(CC(C)O[N+](=O)[O-])ns2)n1. The molecule has 1 atom stereocenters. The number of nitrogens with one attached hydrogen (secondary N) is 1. The van der Waals surface area contributed by atoms with E-state index in [-0.39, 0.29) is 6.42 Å². The van der Waals surface area contributed by atoms with Crippen molar-refractivity contribution in [1.29, 1.82) is 0 Å². The molecule has 0 saturated carbocycles. The zero-order valence-corrected chi connectivity index (χ0v) is 11.8. The van der Waals surface area contributed by atoms with Gasteiger partial charge in [-0.2, -0.15) is 4.37 Å². The molecule has 2 aromatic rings. The number of aryl methyl sites for hydroxylation is 1. The highest BCUT2D eigenvalue weighted by Gasteiger charge is 2.12. The van der Waals surface area contributed by atoms with Gasteiger partial charge in [-0.3, -0.25) is 0 Å². The summed E-state index contributed by atoms with van der Waals surface area (Å²) >= 11 is 1.17. The fraction of sp³-hybridized carbons (Fsp3) is 0.364. The second kappa shape index (κ2) is 6.24. The molecule has 0 spiro atoms. The number of aromatic nitrogens is 3. The fourth-order valence-corrected chi connectivity index (χ4v) is 2.15. The van der Waals surface area contributed by atoms with E-state index in [4.69, 9.17) is 0 Å². The van der Waals surface area contributed by atoms with Gasteiger partial charge >= 0.3 is 0 Å². The van der Waals surface area contributed by atoms with E-state index in [1.165, 1.54) is 11.5 Å². The zero-order valence-electron chi connectivity index (χ0n) is 10.9. The van der Waals surface area contributed by atoms with E-state index in [1.54, 1.807) is 6.92 Å². The summed E-state index contributed by atoms with van der Waals surface area (Å²) in [6.45, 7) is 3.49. The highest BCUT2D eigenvalue weighted by Crippen LogP contribution is 2.17. The van der Waals surface area contributed by atoms with Crippen molar-refractivity contribution in [2.75, 3.05) is 5.32 Å². The zero-order chi connectivity index (χ0) is 14.5. The smallest absolute Gasteiger partial charge is 0.294 e. The molecule has 0 aliphatic rings. The number of pyridine rings is 1. The van der Waals surface area contributed by atoms with Gasteiger partial charge in [-0.15, -0.1) is 10.1 Å². The minimum atomic E-state index is -0.813. The second-order valence-corrected chi connectivity index (χ2v) is 4.90. The van der Waals surface area contributed by atoms with E-state index in [0.29, 0.717) is 16.8 Å². The molecule has 106 valence electrons. The average molecular weight is 295 g/mol. The maximum atomic E-state index is 10.2. The van der Waals surface area contributed by atoms with Gasteiger partial charge in [-0.1, -0.05) is 6.07 Å². The van der Waals surface area contributed by atoms with Crippen molar-refractivity contribution in [1.82, 2.24) is 14.3 Å². The summed E-state index contributed by atoms with van der Waals surface area (Å²) in [6, 6.07) is 5.61. The Bertz CT molecular complexity index is 603. The van der Waals surface area contributed by atoms with Gasteiger partial charge in [0.1, 0.15) is 17.7 Å². The van der Waals surface area contributed by atoms with E-state index >= 15 is 0 Å². The van der Waals surface area contributed by atoms with E-state index in [9.17, 15) is 10.1 Å². The van der Waals surface area contributed by atoms with Gasteiger partial charge in [-0.25, -0.2) is 9.97 Å². The lowest BCUT2D eigenvalue weighted by Gasteiger charge is -2.05. The average Bonchev–Trinajstić information content (AvgIpc) is 2.75. The maximum Gasteiger partial charge on any atom is 0.294 e. The van der Waals surface area contributed by atoms with E-state index in [1.807, 2.05) is 25.1 Å². The fourth-order valence-electron chi connectivity index (χ4n) is 1.55. The Labute approximate surface area is 119 Å². The summed E-state index contributed by atoms with van der Waals surface area (Å²) in [4.78, 5) is 23.1. The minimum Gasteiger partial charge on any atom is -0.315 e. The highest BCUT2D eigenvalue weighted by atomic mass is 32.1. The largest absolute Gasteiger partial charge is 0.315 e. The molecule has 8 nitrogen and oxygen atoms in total. The van der Waals surface area contributed by atoms with Crippen LogP contribution >= 0.6 is 11.5 Å². The second-order valence-electron chi connectivity index (χ2n) is 4.15. The van der Waals surface area contributed by atoms with Crippen LogP contribution in [-0.2, 0) is 11.3 Å². The first-order valence-electron chi connectivity index (χ1n) is 5.87. The monoisotopic (exact) mass is 295 g/mol. The van der Waals surface area contributed by atoms with E-state index in [0.717, 1.165) is 5.69 Å². The molecule has 0 bridgehead atoms. The molecule has 0 amide bonds. The molecular weight excluding hydrogens is 282 g/mol. The van der Waals surface area contributed by atoms with Crippen molar-refractivity contribution < 1.29 is 9.92 Å². The van der Waals surface area contributed by atoms with Crippen molar-refractivity contribution >= 4 is 22.5 Å². The number of rotatable bonds is 6. The molecule has 1 N–H and O–H groups in total. The predicted octanol–water partition coefficient (Wildman–Crippen LogP) is 2.12. The molecule has 1 unspecified atom stereocenters. The lowest BCUT2D eigenvalue weighted by molar-refractivity contribution is -0.767. The van der Waals surface area contributed by atoms with Gasteiger partial charge in [0, 0.05) is 23.6 Å². The van der Waals surface area contributed by atoms with Crippen molar-refractivity contribution in [3.05, 3.63) is 39.8 Å². The lowest BCUT2D eigenvalue weighted by atomic mass is 10.3. The quantitative estimate of drug-likeness (QED) is 0.643. The number of nitrogens with zero attached hydrogens (tertiary/aromatic N) is 4. The molecule has 2 rings (SSSR count). The van der Waals surface area contributed by atoms with Crippen LogP contribution in [0.2, 0.25) is 0 Å². The Morgan fingerprint density at radius 1 is 1.50 bits per heavy atom. The molecule has 0 radical (unpaired) electrons. The van der Waals surface area contributed by atoms with Crippen molar-refractivity contribution in [3.8, 4) is 0 Å². The van der Waals surface area contributed by atoms with Crippen LogP contribution in [0.3, 0.4) is 0 Å². The molecule has 20 heavy (non-hydrogen) atoms. The Morgan fingerprint density at radius 3 is 3.00 bits per heavy atom. The molecule has 0 fully saturated rings. The summed E-state index contributed by atoms with van der Waals surface area (Å²) in [6.07, 6.45) is -0.301. The first-order valence-corrected chi connectivity index (χ1v) is 6.64. The Morgan fingerprint density at radius 2 is 2.30 bits per heavy atom. The highest BCUT2D eigenvalue weighted by molar-refractivity contribution is 7.09. The third-order valence-electron chi connectivity index (χ3n) is 2.33. The van der Waals surface area contributed by atoms with Crippen LogP contribution in [0.4, 0.5) is 10.9 Å². The molecule has 2 aromatic heterocycles. The third kappa shape index (κ3) is 4.12. The molecule has 0 aliphatic heterocycles. The molecule has 0 aliphatic carbocycles. The molecule has 2 heterocycles. The Kier molecular flexibility index (Phi) is 4.41. The molecule has 0 aromatic carbocycles. The van der Waals surface area contributed by atoms with E-state index in [2.05, 4.69) is 24.5 Å². The summed E-state index contributed by atoms with van der Waals surface area (Å²) < 4.78 is 4.12. The van der Waals surface area contributed by atoms with Crippen LogP contribution in [-0.4, -0.2) is 25.5 Å². The van der Waals surface area contributed by atoms with Crippen LogP contribution in [0.5, 0.6) is 0 Å². The lowest BCUT2D eigenvalue weighted by Crippen LogP contribution is -2.16. The summed E-state index contributed by atoms with van der Waals surface area (Å²) in [5.41, 5.74) is 0.896. The van der Waals surface area contributed by atoms with Crippen LogP contribution in [0, 0.1) is 17.0 Å². The third-order valence-corrected chi connectivity index (χ3v) is 3.00. The van der Waals surface area contributed by atoms with Gasteiger partial charge in [0.05, 0.1) is 0 Å². The minimum absolute atomic E-state index is 0.278. The first-order chi connectivity index (χ1) is 9.52. The van der Waals surface area contributed by atoms with E-state index < -0.39 is 11.2 Å². The molecular formula is C11H13N5O3S. The van der Waals surface area contributed by atoms with Crippen LogP contribution < -0.4 is 5.32 Å².